The third-order valence-electron chi connectivity index (χ3n) is 4.40. The average Bonchev–Trinajstić information content (AvgIpc) is 2.45. The first-order valence-electron chi connectivity index (χ1n) is 7.71. The van der Waals surface area contributed by atoms with Gasteiger partial charge in [0.05, 0.1) is 4.90 Å². The van der Waals surface area contributed by atoms with Crippen LogP contribution >= 0.6 is 0 Å². The van der Waals surface area contributed by atoms with Gasteiger partial charge in [-0.05, 0) is 37.2 Å². The third kappa shape index (κ3) is 3.95. The van der Waals surface area contributed by atoms with Crippen molar-refractivity contribution in [2.75, 3.05) is 18.4 Å². The van der Waals surface area contributed by atoms with Gasteiger partial charge in [0.1, 0.15) is 5.82 Å². The molecule has 21 heavy (non-hydrogen) atoms. The van der Waals surface area contributed by atoms with E-state index in [-0.39, 0.29) is 10.3 Å². The number of rotatable bonds is 8. The summed E-state index contributed by atoms with van der Waals surface area (Å²) in [5.41, 5.74) is 0.170. The zero-order valence-corrected chi connectivity index (χ0v) is 13.7. The standard InChI is InChI=1S/C15H25N3O2S/c1-3-9-16-14-11-13(6-10-17-14)21(19,20)18-12-15(4-2)7-5-8-15/h6,10-11,18H,3-5,7-9,12H2,1-2H3,(H,16,17). The van der Waals surface area contributed by atoms with E-state index in [9.17, 15) is 8.42 Å². The summed E-state index contributed by atoms with van der Waals surface area (Å²) < 4.78 is 27.6. The molecule has 1 aromatic rings. The zero-order valence-electron chi connectivity index (χ0n) is 12.9. The summed E-state index contributed by atoms with van der Waals surface area (Å²) >= 11 is 0. The van der Waals surface area contributed by atoms with Crippen molar-refractivity contribution >= 4 is 15.8 Å². The van der Waals surface area contributed by atoms with Crippen molar-refractivity contribution in [1.82, 2.24) is 9.71 Å². The molecule has 0 aromatic carbocycles. The monoisotopic (exact) mass is 311 g/mol. The number of nitrogens with zero attached hydrogens (tertiary/aromatic N) is 1. The molecule has 1 aliphatic rings. The Morgan fingerprint density at radius 1 is 1.33 bits per heavy atom. The van der Waals surface area contributed by atoms with Crippen LogP contribution in [-0.4, -0.2) is 26.5 Å². The molecule has 0 bridgehead atoms. The molecule has 1 aromatic heterocycles. The molecular formula is C15H25N3O2S. The first-order valence-corrected chi connectivity index (χ1v) is 9.19. The fourth-order valence-electron chi connectivity index (χ4n) is 2.59. The van der Waals surface area contributed by atoms with Crippen LogP contribution in [0.1, 0.15) is 46.0 Å². The van der Waals surface area contributed by atoms with Gasteiger partial charge >= 0.3 is 0 Å². The zero-order chi connectivity index (χ0) is 15.3. The van der Waals surface area contributed by atoms with E-state index in [0.29, 0.717) is 12.4 Å². The maximum Gasteiger partial charge on any atom is 0.240 e. The molecule has 1 heterocycles. The van der Waals surface area contributed by atoms with Crippen LogP contribution in [0.3, 0.4) is 0 Å². The summed E-state index contributed by atoms with van der Waals surface area (Å²) in [5, 5.41) is 3.11. The van der Waals surface area contributed by atoms with E-state index >= 15 is 0 Å². The second kappa shape index (κ2) is 6.75. The third-order valence-corrected chi connectivity index (χ3v) is 5.80. The maximum absolute atomic E-state index is 12.4. The molecule has 1 saturated carbocycles. The van der Waals surface area contributed by atoms with Crippen LogP contribution in [0.25, 0.3) is 0 Å². The van der Waals surface area contributed by atoms with Gasteiger partial charge in [-0.25, -0.2) is 18.1 Å². The Balaban J connectivity index is 2.04. The van der Waals surface area contributed by atoms with Gasteiger partial charge in [0, 0.05) is 25.4 Å². The minimum atomic E-state index is -3.46. The van der Waals surface area contributed by atoms with Crippen molar-refractivity contribution in [1.29, 1.82) is 0 Å². The Hall–Kier alpha value is -1.14. The number of hydrogen-bond acceptors (Lipinski definition) is 4. The van der Waals surface area contributed by atoms with Gasteiger partial charge < -0.3 is 5.32 Å². The number of anilines is 1. The lowest BCUT2D eigenvalue weighted by molar-refractivity contribution is 0.133. The molecule has 2 N–H and O–H groups in total. The van der Waals surface area contributed by atoms with E-state index in [1.807, 2.05) is 0 Å². The molecule has 0 spiro atoms. The van der Waals surface area contributed by atoms with Crippen LogP contribution in [0.4, 0.5) is 5.82 Å². The number of pyridine rings is 1. The molecule has 0 atom stereocenters. The lowest BCUT2D eigenvalue weighted by Gasteiger charge is -2.41. The van der Waals surface area contributed by atoms with Crippen LogP contribution in [0.2, 0.25) is 0 Å². The molecule has 0 amide bonds. The van der Waals surface area contributed by atoms with Gasteiger partial charge in [-0.2, -0.15) is 0 Å². The molecule has 118 valence electrons. The highest BCUT2D eigenvalue weighted by Crippen LogP contribution is 2.43. The summed E-state index contributed by atoms with van der Waals surface area (Å²) in [6, 6.07) is 3.14. The van der Waals surface area contributed by atoms with Crippen LogP contribution < -0.4 is 10.0 Å². The van der Waals surface area contributed by atoms with Gasteiger partial charge in [-0.15, -0.1) is 0 Å². The van der Waals surface area contributed by atoms with Gasteiger partial charge in [0.2, 0.25) is 10.0 Å². The Morgan fingerprint density at radius 3 is 2.67 bits per heavy atom. The normalized spacial score (nSPS) is 17.2. The molecule has 6 heteroatoms. The first-order chi connectivity index (χ1) is 10.0. The summed E-state index contributed by atoms with van der Waals surface area (Å²) in [6.07, 6.45) is 6.96. The summed E-state index contributed by atoms with van der Waals surface area (Å²) in [6.45, 7) is 5.50. The van der Waals surface area contributed by atoms with E-state index in [1.54, 1.807) is 12.1 Å². The minimum Gasteiger partial charge on any atom is -0.370 e. The van der Waals surface area contributed by atoms with E-state index in [2.05, 4.69) is 28.9 Å². The SMILES string of the molecule is CCCNc1cc(S(=O)(=O)NCC2(CC)CCC2)ccn1. The number of nitrogens with one attached hydrogen (secondary N) is 2. The molecule has 0 aliphatic heterocycles. The minimum absolute atomic E-state index is 0.170. The molecular weight excluding hydrogens is 286 g/mol. The van der Waals surface area contributed by atoms with Crippen molar-refractivity contribution in [3.63, 3.8) is 0 Å². The maximum atomic E-state index is 12.4. The molecule has 0 radical (unpaired) electrons. The van der Waals surface area contributed by atoms with Crippen molar-refractivity contribution in [2.45, 2.75) is 50.8 Å². The lowest BCUT2D eigenvalue weighted by Crippen LogP contribution is -2.41. The topological polar surface area (TPSA) is 71.1 Å². The molecule has 5 nitrogen and oxygen atoms in total. The number of hydrogen-bond donors (Lipinski definition) is 2. The highest BCUT2D eigenvalue weighted by Gasteiger charge is 2.36. The predicted octanol–water partition coefficient (Wildman–Crippen LogP) is 2.76. The van der Waals surface area contributed by atoms with Gasteiger partial charge in [0.15, 0.2) is 0 Å². The number of sulfonamides is 1. The van der Waals surface area contributed by atoms with Gasteiger partial charge in [0.25, 0.3) is 0 Å². The van der Waals surface area contributed by atoms with E-state index in [0.717, 1.165) is 32.2 Å². The largest absolute Gasteiger partial charge is 0.370 e. The van der Waals surface area contributed by atoms with Crippen LogP contribution in [0, 0.1) is 5.41 Å². The molecule has 1 aliphatic carbocycles. The van der Waals surface area contributed by atoms with Crippen LogP contribution in [0.5, 0.6) is 0 Å². The molecule has 0 unspecified atom stereocenters. The predicted molar refractivity (Wildman–Crippen MR) is 84.8 cm³/mol. The Kier molecular flexibility index (Phi) is 5.22. The molecule has 2 rings (SSSR count). The highest BCUT2D eigenvalue weighted by atomic mass is 32.2. The molecule has 1 fully saturated rings. The Labute approximate surface area is 127 Å². The lowest BCUT2D eigenvalue weighted by atomic mass is 9.67. The van der Waals surface area contributed by atoms with Crippen molar-refractivity contribution in [2.24, 2.45) is 5.41 Å². The summed E-state index contributed by atoms with van der Waals surface area (Å²) in [7, 11) is -3.46. The second-order valence-corrected chi connectivity index (χ2v) is 7.60. The van der Waals surface area contributed by atoms with Crippen LogP contribution in [0.15, 0.2) is 23.2 Å². The highest BCUT2D eigenvalue weighted by molar-refractivity contribution is 7.89. The van der Waals surface area contributed by atoms with E-state index in [4.69, 9.17) is 0 Å². The van der Waals surface area contributed by atoms with Gasteiger partial charge in [-0.1, -0.05) is 20.3 Å². The average molecular weight is 311 g/mol. The van der Waals surface area contributed by atoms with Crippen molar-refractivity contribution in [3.8, 4) is 0 Å². The summed E-state index contributed by atoms with van der Waals surface area (Å²) in [4.78, 5) is 4.42. The summed E-state index contributed by atoms with van der Waals surface area (Å²) in [5.74, 6) is 0.605. The second-order valence-electron chi connectivity index (χ2n) is 5.84. The fraction of sp³-hybridized carbons (Fsp3) is 0.667. The van der Waals surface area contributed by atoms with Crippen molar-refractivity contribution < 1.29 is 8.42 Å². The van der Waals surface area contributed by atoms with Gasteiger partial charge in [-0.3, -0.25) is 0 Å². The van der Waals surface area contributed by atoms with E-state index in [1.165, 1.54) is 12.6 Å². The first kappa shape index (κ1) is 16.2. The van der Waals surface area contributed by atoms with E-state index < -0.39 is 10.0 Å². The smallest absolute Gasteiger partial charge is 0.240 e. The quantitative estimate of drug-likeness (QED) is 0.774. The Morgan fingerprint density at radius 2 is 2.10 bits per heavy atom. The Bertz CT molecular complexity index is 563. The van der Waals surface area contributed by atoms with Crippen LogP contribution in [-0.2, 0) is 10.0 Å². The fourth-order valence-corrected chi connectivity index (χ4v) is 3.76. The molecule has 0 saturated heterocycles. The number of aromatic nitrogens is 1. The van der Waals surface area contributed by atoms with Crippen molar-refractivity contribution in [3.05, 3.63) is 18.3 Å².